The fourth-order valence-corrected chi connectivity index (χ4v) is 1.98. The van der Waals surface area contributed by atoms with Gasteiger partial charge in [-0.05, 0) is 26.0 Å². The van der Waals surface area contributed by atoms with Crippen LogP contribution in [0.5, 0.6) is 0 Å². The molecule has 3 N–H and O–H groups in total. The second kappa shape index (κ2) is 5.66. The van der Waals surface area contributed by atoms with Crippen LogP contribution >= 0.6 is 0 Å². The maximum atomic E-state index is 12.3. The van der Waals surface area contributed by atoms with Crippen LogP contribution in [0.1, 0.15) is 21.7 Å². The van der Waals surface area contributed by atoms with Crippen molar-refractivity contribution in [1.82, 2.24) is 10.2 Å². The smallest absolute Gasteiger partial charge is 0.337 e. The number of anilines is 2. The second-order valence-corrected chi connectivity index (χ2v) is 4.62. The Morgan fingerprint density at radius 1 is 1.29 bits per heavy atom. The summed E-state index contributed by atoms with van der Waals surface area (Å²) >= 11 is 0. The zero-order valence-electron chi connectivity index (χ0n) is 12.0. The Kier molecular flexibility index (Phi) is 3.93. The van der Waals surface area contributed by atoms with Crippen molar-refractivity contribution in [2.45, 2.75) is 13.8 Å². The summed E-state index contributed by atoms with van der Waals surface area (Å²) in [6.07, 6.45) is 0. The van der Waals surface area contributed by atoms with Crippen molar-refractivity contribution in [2.24, 2.45) is 0 Å². The molecule has 2 amide bonds. The molecular formula is C14H16N4O3. The summed E-state index contributed by atoms with van der Waals surface area (Å²) in [7, 11) is 1.52. The number of para-hydroxylation sites is 1. The Morgan fingerprint density at radius 3 is 2.52 bits per heavy atom. The van der Waals surface area contributed by atoms with E-state index in [1.165, 1.54) is 18.0 Å². The Hall–Kier alpha value is -2.83. The molecule has 0 saturated carbocycles. The molecule has 0 bridgehead atoms. The Labute approximate surface area is 121 Å². The summed E-state index contributed by atoms with van der Waals surface area (Å²) in [4.78, 5) is 24.7. The predicted molar refractivity (Wildman–Crippen MR) is 78.9 cm³/mol. The first kappa shape index (κ1) is 14.6. The molecule has 0 aliphatic heterocycles. The van der Waals surface area contributed by atoms with Gasteiger partial charge >= 0.3 is 12.0 Å². The minimum absolute atomic E-state index is 0.0655. The number of nitrogens with zero attached hydrogens (tertiary/aromatic N) is 2. The van der Waals surface area contributed by atoms with E-state index >= 15 is 0 Å². The maximum Gasteiger partial charge on any atom is 0.337 e. The number of aromatic nitrogens is 2. The van der Waals surface area contributed by atoms with Crippen molar-refractivity contribution in [3.8, 4) is 0 Å². The highest BCUT2D eigenvalue weighted by atomic mass is 16.4. The SMILES string of the molecule is Cc1n[nH]c(C)c1NC(=O)N(C)c1ccccc1C(=O)O. The van der Waals surface area contributed by atoms with Crippen LogP contribution in [0.15, 0.2) is 24.3 Å². The average molecular weight is 288 g/mol. The normalized spacial score (nSPS) is 10.2. The van der Waals surface area contributed by atoms with Gasteiger partial charge in [-0.15, -0.1) is 0 Å². The van der Waals surface area contributed by atoms with Gasteiger partial charge in [0.25, 0.3) is 0 Å². The first-order chi connectivity index (χ1) is 9.91. The molecular weight excluding hydrogens is 272 g/mol. The summed E-state index contributed by atoms with van der Waals surface area (Å²) in [6.45, 7) is 3.56. The first-order valence-corrected chi connectivity index (χ1v) is 6.30. The van der Waals surface area contributed by atoms with E-state index < -0.39 is 12.0 Å². The number of hydrogen-bond donors (Lipinski definition) is 3. The van der Waals surface area contributed by atoms with Gasteiger partial charge in [0.1, 0.15) is 0 Å². The highest BCUT2D eigenvalue weighted by Gasteiger charge is 2.19. The van der Waals surface area contributed by atoms with Crippen molar-refractivity contribution in [2.75, 3.05) is 17.3 Å². The number of nitrogens with one attached hydrogen (secondary N) is 2. The number of carboxylic acids is 1. The van der Waals surface area contributed by atoms with E-state index in [9.17, 15) is 9.59 Å². The fourth-order valence-electron chi connectivity index (χ4n) is 1.98. The van der Waals surface area contributed by atoms with Crippen LogP contribution < -0.4 is 10.2 Å². The predicted octanol–water partition coefficient (Wildman–Crippen LogP) is 2.39. The summed E-state index contributed by atoms with van der Waals surface area (Å²) in [5.41, 5.74) is 2.39. The summed E-state index contributed by atoms with van der Waals surface area (Å²) < 4.78 is 0. The van der Waals surface area contributed by atoms with E-state index in [0.717, 1.165) is 5.69 Å². The van der Waals surface area contributed by atoms with Crippen LogP contribution in [0.2, 0.25) is 0 Å². The summed E-state index contributed by atoms with van der Waals surface area (Å²) in [6, 6.07) is 5.90. The maximum absolute atomic E-state index is 12.3. The first-order valence-electron chi connectivity index (χ1n) is 6.30. The van der Waals surface area contributed by atoms with E-state index in [1.807, 2.05) is 0 Å². The monoisotopic (exact) mass is 288 g/mol. The minimum atomic E-state index is -1.08. The number of hydrogen-bond acceptors (Lipinski definition) is 3. The van der Waals surface area contributed by atoms with Crippen molar-refractivity contribution in [3.05, 3.63) is 41.2 Å². The molecule has 0 radical (unpaired) electrons. The molecule has 0 atom stereocenters. The third-order valence-corrected chi connectivity index (χ3v) is 3.16. The van der Waals surface area contributed by atoms with Gasteiger partial charge in [0.05, 0.1) is 28.3 Å². The number of amides is 2. The number of H-pyrrole nitrogens is 1. The Morgan fingerprint density at radius 2 is 1.95 bits per heavy atom. The van der Waals surface area contributed by atoms with Gasteiger partial charge < -0.3 is 10.4 Å². The molecule has 1 aromatic carbocycles. The van der Waals surface area contributed by atoms with E-state index in [1.54, 1.807) is 32.0 Å². The molecule has 0 fully saturated rings. The third-order valence-electron chi connectivity index (χ3n) is 3.16. The van der Waals surface area contributed by atoms with Crippen LogP contribution in [-0.4, -0.2) is 34.4 Å². The van der Waals surface area contributed by atoms with Gasteiger partial charge in [0, 0.05) is 7.05 Å². The fraction of sp³-hybridized carbons (Fsp3) is 0.214. The molecule has 0 aliphatic carbocycles. The number of rotatable bonds is 3. The standard InChI is InChI=1S/C14H16N4O3/c1-8-12(9(2)17-16-8)15-14(21)18(3)11-7-5-4-6-10(11)13(19)20/h4-7H,1-3H3,(H,15,21)(H,16,17)(H,19,20). The molecule has 7 heteroatoms. The van der Waals surface area contributed by atoms with Gasteiger partial charge in [0.15, 0.2) is 0 Å². The molecule has 1 heterocycles. The largest absolute Gasteiger partial charge is 0.478 e. The van der Waals surface area contributed by atoms with Crippen molar-refractivity contribution < 1.29 is 14.7 Å². The lowest BCUT2D eigenvalue weighted by Crippen LogP contribution is -2.32. The van der Waals surface area contributed by atoms with Crippen LogP contribution in [0.25, 0.3) is 0 Å². The number of aryl methyl sites for hydroxylation is 2. The highest BCUT2D eigenvalue weighted by molar-refractivity contribution is 6.06. The second-order valence-electron chi connectivity index (χ2n) is 4.62. The van der Waals surface area contributed by atoms with Gasteiger partial charge in [-0.1, -0.05) is 12.1 Å². The lowest BCUT2D eigenvalue weighted by atomic mass is 10.1. The zero-order valence-corrected chi connectivity index (χ0v) is 12.0. The number of carbonyl (C=O) groups excluding carboxylic acids is 1. The topological polar surface area (TPSA) is 98.3 Å². The highest BCUT2D eigenvalue weighted by Crippen LogP contribution is 2.22. The molecule has 2 rings (SSSR count). The van der Waals surface area contributed by atoms with E-state index in [0.29, 0.717) is 17.1 Å². The van der Waals surface area contributed by atoms with E-state index in [4.69, 9.17) is 5.11 Å². The lowest BCUT2D eigenvalue weighted by molar-refractivity contribution is 0.0697. The molecule has 1 aromatic heterocycles. The van der Waals surface area contributed by atoms with Crippen molar-refractivity contribution in [1.29, 1.82) is 0 Å². The van der Waals surface area contributed by atoms with E-state index in [2.05, 4.69) is 15.5 Å². The summed E-state index contributed by atoms with van der Waals surface area (Å²) in [5.74, 6) is -1.08. The number of benzene rings is 1. The molecule has 21 heavy (non-hydrogen) atoms. The van der Waals surface area contributed by atoms with Gasteiger partial charge in [-0.2, -0.15) is 5.10 Å². The van der Waals surface area contributed by atoms with Gasteiger partial charge in [-0.3, -0.25) is 10.00 Å². The lowest BCUT2D eigenvalue weighted by Gasteiger charge is -2.20. The van der Waals surface area contributed by atoms with Crippen molar-refractivity contribution >= 4 is 23.4 Å². The third kappa shape index (κ3) is 2.86. The Balaban J connectivity index is 2.26. The van der Waals surface area contributed by atoms with Gasteiger partial charge in [-0.25, -0.2) is 9.59 Å². The zero-order chi connectivity index (χ0) is 15.6. The number of aromatic amines is 1. The minimum Gasteiger partial charge on any atom is -0.478 e. The molecule has 2 aromatic rings. The van der Waals surface area contributed by atoms with Crippen LogP contribution in [0.3, 0.4) is 0 Å². The molecule has 0 spiro atoms. The number of carboxylic acid groups (broad SMARTS) is 1. The van der Waals surface area contributed by atoms with E-state index in [-0.39, 0.29) is 5.56 Å². The van der Waals surface area contributed by atoms with Gasteiger partial charge in [0.2, 0.25) is 0 Å². The quantitative estimate of drug-likeness (QED) is 0.807. The molecule has 0 aliphatic rings. The Bertz CT molecular complexity index is 674. The molecule has 7 nitrogen and oxygen atoms in total. The molecule has 110 valence electrons. The van der Waals surface area contributed by atoms with Crippen LogP contribution in [0.4, 0.5) is 16.2 Å². The number of carbonyl (C=O) groups is 2. The molecule has 0 saturated heterocycles. The number of aromatic carboxylic acids is 1. The van der Waals surface area contributed by atoms with Crippen LogP contribution in [0, 0.1) is 13.8 Å². The van der Waals surface area contributed by atoms with Crippen molar-refractivity contribution in [3.63, 3.8) is 0 Å². The average Bonchev–Trinajstić information content (AvgIpc) is 2.78. The number of urea groups is 1. The van der Waals surface area contributed by atoms with Crippen LogP contribution in [-0.2, 0) is 0 Å². The summed E-state index contributed by atoms with van der Waals surface area (Å²) in [5, 5.41) is 18.7. The molecule has 0 unspecified atom stereocenters.